The van der Waals surface area contributed by atoms with E-state index in [9.17, 15) is 9.59 Å². The van der Waals surface area contributed by atoms with Crippen LogP contribution in [0.15, 0.2) is 27.6 Å². The second-order valence-electron chi connectivity index (χ2n) is 3.08. The lowest BCUT2D eigenvalue weighted by Gasteiger charge is -2.12. The number of hydrogen-bond acceptors (Lipinski definition) is 3. The van der Waals surface area contributed by atoms with Crippen molar-refractivity contribution in [3.63, 3.8) is 0 Å². The molecule has 2 N–H and O–H groups in total. The van der Waals surface area contributed by atoms with Gasteiger partial charge in [-0.1, -0.05) is 15.9 Å². The van der Waals surface area contributed by atoms with Gasteiger partial charge >= 0.3 is 6.09 Å². The lowest BCUT2D eigenvalue weighted by molar-refractivity contribution is 0.106. The molecule has 1 rings (SSSR count). The Bertz CT molecular complexity index is 416. The monoisotopic (exact) mass is 274 g/mol. The van der Waals surface area contributed by atoms with E-state index in [2.05, 4.69) is 15.9 Å². The van der Waals surface area contributed by atoms with Gasteiger partial charge < -0.3 is 15.0 Å². The van der Waals surface area contributed by atoms with Crippen molar-refractivity contribution in [2.75, 3.05) is 0 Å². The molecular formula is C9H11BrN2O3. The maximum atomic E-state index is 11.4. The summed E-state index contributed by atoms with van der Waals surface area (Å²) in [5, 5.41) is 0. The quantitative estimate of drug-likeness (QED) is 0.897. The molecular weight excluding hydrogens is 264 g/mol. The molecule has 0 fully saturated rings. The van der Waals surface area contributed by atoms with Gasteiger partial charge in [0.1, 0.15) is 6.10 Å². The van der Waals surface area contributed by atoms with E-state index in [0.717, 1.165) is 0 Å². The Labute approximate surface area is 95.0 Å². The van der Waals surface area contributed by atoms with Gasteiger partial charge in [0.15, 0.2) is 0 Å². The lowest BCUT2D eigenvalue weighted by Crippen LogP contribution is -2.29. The molecule has 0 spiro atoms. The van der Waals surface area contributed by atoms with Crippen molar-refractivity contribution in [2.24, 2.45) is 5.73 Å². The first kappa shape index (κ1) is 11.8. The van der Waals surface area contributed by atoms with Crippen LogP contribution in [0, 0.1) is 0 Å². The molecule has 0 saturated carbocycles. The van der Waals surface area contributed by atoms with Gasteiger partial charge in [-0.15, -0.1) is 0 Å². The van der Waals surface area contributed by atoms with E-state index in [4.69, 9.17) is 10.5 Å². The Balaban J connectivity index is 2.72. The van der Waals surface area contributed by atoms with Crippen molar-refractivity contribution in [3.05, 3.63) is 33.2 Å². The summed E-state index contributed by atoms with van der Waals surface area (Å²) in [5.41, 5.74) is 4.69. The van der Waals surface area contributed by atoms with Crippen LogP contribution in [0.3, 0.4) is 0 Å². The third-order valence-corrected chi connectivity index (χ3v) is 2.22. The van der Waals surface area contributed by atoms with Gasteiger partial charge in [-0.2, -0.15) is 0 Å². The summed E-state index contributed by atoms with van der Waals surface area (Å²) in [7, 11) is 0. The van der Waals surface area contributed by atoms with Gasteiger partial charge in [0, 0.05) is 16.7 Å². The molecule has 82 valence electrons. The highest BCUT2D eigenvalue weighted by atomic mass is 79.9. The second kappa shape index (κ2) is 4.97. The Morgan fingerprint density at radius 3 is 2.93 bits per heavy atom. The van der Waals surface area contributed by atoms with E-state index >= 15 is 0 Å². The van der Waals surface area contributed by atoms with Gasteiger partial charge in [0.05, 0.1) is 6.54 Å². The minimum absolute atomic E-state index is 0.163. The zero-order valence-electron chi connectivity index (χ0n) is 8.14. The van der Waals surface area contributed by atoms with Crippen LogP contribution in [0.5, 0.6) is 0 Å². The van der Waals surface area contributed by atoms with Crippen LogP contribution < -0.4 is 11.3 Å². The lowest BCUT2D eigenvalue weighted by atomic mass is 10.4. The van der Waals surface area contributed by atoms with Crippen LogP contribution in [0.2, 0.25) is 0 Å². The predicted octanol–water partition coefficient (Wildman–Crippen LogP) is 1.09. The molecule has 1 aromatic rings. The van der Waals surface area contributed by atoms with E-state index < -0.39 is 12.2 Å². The normalized spacial score (nSPS) is 12.1. The number of nitrogens with zero attached hydrogens (tertiary/aromatic N) is 1. The topological polar surface area (TPSA) is 74.3 Å². The number of primary amides is 1. The Hall–Kier alpha value is -1.30. The van der Waals surface area contributed by atoms with Crippen LogP contribution in [0.25, 0.3) is 0 Å². The fraction of sp³-hybridized carbons (Fsp3) is 0.333. The smallest absolute Gasteiger partial charge is 0.404 e. The van der Waals surface area contributed by atoms with Crippen LogP contribution in [-0.2, 0) is 11.3 Å². The molecule has 6 heteroatoms. The van der Waals surface area contributed by atoms with E-state index in [1.165, 1.54) is 10.6 Å². The standard InChI is InChI=1S/C9H11BrN2O3/c1-6(15-9(11)14)5-12-3-2-7(10)4-8(12)13/h2-4,6H,5H2,1H3,(H2,11,14). The van der Waals surface area contributed by atoms with E-state index in [0.29, 0.717) is 4.47 Å². The molecule has 0 aliphatic rings. The SMILES string of the molecule is CC(Cn1ccc(Br)cc1=O)OC(N)=O. The number of ether oxygens (including phenoxy) is 1. The summed E-state index contributed by atoms with van der Waals surface area (Å²) in [4.78, 5) is 21.9. The van der Waals surface area contributed by atoms with Gasteiger partial charge in [0.2, 0.25) is 0 Å². The van der Waals surface area contributed by atoms with Crippen LogP contribution in [-0.4, -0.2) is 16.8 Å². The summed E-state index contributed by atoms with van der Waals surface area (Å²) >= 11 is 3.18. The minimum atomic E-state index is -0.840. The third kappa shape index (κ3) is 3.75. The number of amides is 1. The zero-order chi connectivity index (χ0) is 11.4. The van der Waals surface area contributed by atoms with E-state index in [-0.39, 0.29) is 12.1 Å². The number of aromatic nitrogens is 1. The van der Waals surface area contributed by atoms with Crippen molar-refractivity contribution in [1.82, 2.24) is 4.57 Å². The molecule has 0 aliphatic heterocycles. The third-order valence-electron chi connectivity index (χ3n) is 1.73. The van der Waals surface area contributed by atoms with Gasteiger partial charge in [-0.25, -0.2) is 4.79 Å². The second-order valence-corrected chi connectivity index (χ2v) is 4.00. The number of hydrogen-bond donors (Lipinski definition) is 1. The molecule has 1 atom stereocenters. The van der Waals surface area contributed by atoms with Crippen molar-refractivity contribution in [2.45, 2.75) is 19.6 Å². The largest absolute Gasteiger partial charge is 0.445 e. The number of rotatable bonds is 3. The van der Waals surface area contributed by atoms with Crippen molar-refractivity contribution < 1.29 is 9.53 Å². The molecule has 1 aromatic heterocycles. The minimum Gasteiger partial charge on any atom is -0.445 e. The first-order valence-electron chi connectivity index (χ1n) is 4.31. The number of pyridine rings is 1. The van der Waals surface area contributed by atoms with Crippen LogP contribution in [0.1, 0.15) is 6.92 Å². The van der Waals surface area contributed by atoms with Gasteiger partial charge in [-0.05, 0) is 13.0 Å². The Kier molecular flexibility index (Phi) is 3.90. The maximum Gasteiger partial charge on any atom is 0.404 e. The van der Waals surface area contributed by atoms with Crippen molar-refractivity contribution in [3.8, 4) is 0 Å². The number of carbonyl (C=O) groups excluding carboxylic acids is 1. The van der Waals surface area contributed by atoms with Gasteiger partial charge in [-0.3, -0.25) is 4.79 Å². The van der Waals surface area contributed by atoms with Crippen LogP contribution >= 0.6 is 15.9 Å². The average Bonchev–Trinajstić information content (AvgIpc) is 2.08. The predicted molar refractivity (Wildman–Crippen MR) is 58.5 cm³/mol. The fourth-order valence-corrected chi connectivity index (χ4v) is 1.46. The first-order chi connectivity index (χ1) is 6.99. The molecule has 1 unspecified atom stereocenters. The number of carbonyl (C=O) groups is 1. The maximum absolute atomic E-state index is 11.4. The Morgan fingerprint density at radius 1 is 1.73 bits per heavy atom. The number of halogens is 1. The first-order valence-corrected chi connectivity index (χ1v) is 5.10. The summed E-state index contributed by atoms with van der Waals surface area (Å²) in [6, 6.07) is 3.18. The molecule has 0 bridgehead atoms. The molecule has 0 saturated heterocycles. The van der Waals surface area contributed by atoms with Crippen LogP contribution in [0.4, 0.5) is 4.79 Å². The fourth-order valence-electron chi connectivity index (χ4n) is 1.15. The van der Waals surface area contributed by atoms with Crippen molar-refractivity contribution >= 4 is 22.0 Å². The molecule has 1 amide bonds. The summed E-state index contributed by atoms with van der Waals surface area (Å²) in [6.07, 6.45) is 0.349. The summed E-state index contributed by atoms with van der Waals surface area (Å²) in [5.74, 6) is 0. The Morgan fingerprint density at radius 2 is 2.40 bits per heavy atom. The summed E-state index contributed by atoms with van der Waals surface area (Å²) < 4.78 is 6.86. The highest BCUT2D eigenvalue weighted by Crippen LogP contribution is 2.04. The van der Waals surface area contributed by atoms with Crippen molar-refractivity contribution in [1.29, 1.82) is 0 Å². The summed E-state index contributed by atoms with van der Waals surface area (Å²) in [6.45, 7) is 1.95. The molecule has 0 aromatic carbocycles. The van der Waals surface area contributed by atoms with E-state index in [1.807, 2.05) is 0 Å². The average molecular weight is 275 g/mol. The van der Waals surface area contributed by atoms with E-state index in [1.54, 1.807) is 19.2 Å². The highest BCUT2D eigenvalue weighted by molar-refractivity contribution is 9.10. The highest BCUT2D eigenvalue weighted by Gasteiger charge is 2.07. The zero-order valence-corrected chi connectivity index (χ0v) is 9.73. The van der Waals surface area contributed by atoms with Gasteiger partial charge in [0.25, 0.3) is 5.56 Å². The molecule has 15 heavy (non-hydrogen) atoms. The molecule has 5 nitrogen and oxygen atoms in total. The molecule has 0 aliphatic carbocycles. The molecule has 0 radical (unpaired) electrons. The number of nitrogens with two attached hydrogens (primary N) is 1. The molecule has 1 heterocycles.